The summed E-state index contributed by atoms with van der Waals surface area (Å²) >= 11 is 0. The van der Waals surface area contributed by atoms with Crippen LogP contribution in [0.4, 0.5) is 56.6 Å². The van der Waals surface area contributed by atoms with E-state index in [1.165, 1.54) is 12.1 Å². The van der Waals surface area contributed by atoms with Crippen LogP contribution >= 0.6 is 0 Å². The summed E-state index contributed by atoms with van der Waals surface area (Å²) in [7, 11) is 0. The van der Waals surface area contributed by atoms with Crippen LogP contribution in [0.3, 0.4) is 0 Å². The molecule has 0 unspecified atom stereocenters. The Hall–Kier alpha value is -3.95. The van der Waals surface area contributed by atoms with Crippen LogP contribution in [0.15, 0.2) is 36.4 Å². The lowest BCUT2D eigenvalue weighted by Gasteiger charge is -2.43. The SMILES string of the molecule is Cc1cccc2c1C(C)(C)c1c(C)cccc1N2c1c(F)c(F)c(-c2c(F)c(F)c(F)c(F)c2F)c(F)c1F. The van der Waals surface area contributed by atoms with Crippen LogP contribution in [0.25, 0.3) is 11.1 Å². The molecule has 4 aromatic carbocycles. The van der Waals surface area contributed by atoms with E-state index < -0.39 is 74.6 Å². The minimum Gasteiger partial charge on any atom is -0.304 e. The van der Waals surface area contributed by atoms with Crippen LogP contribution in [0.1, 0.15) is 36.1 Å². The van der Waals surface area contributed by atoms with E-state index in [-0.39, 0.29) is 11.4 Å². The molecule has 1 aliphatic heterocycles. The maximum Gasteiger partial charge on any atom is 0.200 e. The molecule has 1 heterocycles. The smallest absolute Gasteiger partial charge is 0.200 e. The van der Waals surface area contributed by atoms with E-state index in [9.17, 15) is 22.0 Å². The summed E-state index contributed by atoms with van der Waals surface area (Å²) in [4.78, 5) is 0.953. The molecule has 0 radical (unpaired) electrons. The summed E-state index contributed by atoms with van der Waals surface area (Å²) in [5, 5.41) is 0. The van der Waals surface area contributed by atoms with Gasteiger partial charge in [-0.3, -0.25) is 0 Å². The summed E-state index contributed by atoms with van der Waals surface area (Å²) in [6.07, 6.45) is 0. The number of hydrogen-bond donors (Lipinski definition) is 0. The lowest BCUT2D eigenvalue weighted by atomic mass is 9.70. The Morgan fingerprint density at radius 1 is 0.487 bits per heavy atom. The fraction of sp³-hybridized carbons (Fsp3) is 0.172. The summed E-state index contributed by atoms with van der Waals surface area (Å²) < 4.78 is 132. The van der Waals surface area contributed by atoms with Gasteiger partial charge in [-0.25, -0.2) is 39.5 Å². The van der Waals surface area contributed by atoms with Crippen LogP contribution in [0, 0.1) is 66.2 Å². The molecule has 0 amide bonds. The molecule has 0 saturated carbocycles. The summed E-state index contributed by atoms with van der Waals surface area (Å²) in [5.74, 6) is -21.8. The van der Waals surface area contributed by atoms with Crippen molar-refractivity contribution in [2.75, 3.05) is 4.90 Å². The molecule has 0 fully saturated rings. The molecule has 202 valence electrons. The van der Waals surface area contributed by atoms with Crippen molar-refractivity contribution in [3.63, 3.8) is 0 Å². The average Bonchev–Trinajstić information content (AvgIpc) is 2.88. The lowest BCUT2D eigenvalue weighted by molar-refractivity contribution is 0.379. The molecule has 0 atom stereocenters. The van der Waals surface area contributed by atoms with E-state index in [1.807, 2.05) is 13.8 Å². The highest BCUT2D eigenvalue weighted by Gasteiger charge is 2.42. The maximum atomic E-state index is 15.8. The van der Waals surface area contributed by atoms with Crippen LogP contribution in [0.2, 0.25) is 0 Å². The van der Waals surface area contributed by atoms with Crippen molar-refractivity contribution in [3.05, 3.63) is 111 Å². The van der Waals surface area contributed by atoms with E-state index in [4.69, 9.17) is 0 Å². The number of nitrogens with zero attached hydrogens (tertiary/aromatic N) is 1. The van der Waals surface area contributed by atoms with Gasteiger partial charge in [0, 0.05) is 5.41 Å². The van der Waals surface area contributed by atoms with E-state index in [0.717, 1.165) is 4.90 Å². The molecule has 5 rings (SSSR count). The van der Waals surface area contributed by atoms with Gasteiger partial charge < -0.3 is 4.90 Å². The van der Waals surface area contributed by atoms with Gasteiger partial charge in [-0.1, -0.05) is 38.1 Å². The van der Waals surface area contributed by atoms with Gasteiger partial charge in [0.2, 0.25) is 5.82 Å². The Morgan fingerprint density at radius 3 is 1.21 bits per heavy atom. The van der Waals surface area contributed by atoms with E-state index >= 15 is 17.6 Å². The number of fused-ring (bicyclic) bond motifs is 2. The van der Waals surface area contributed by atoms with Crippen LogP contribution in [0.5, 0.6) is 0 Å². The van der Waals surface area contributed by atoms with Crippen molar-refractivity contribution in [3.8, 4) is 11.1 Å². The molecule has 1 nitrogen and oxygen atoms in total. The van der Waals surface area contributed by atoms with E-state index in [1.54, 1.807) is 38.1 Å². The number of benzene rings is 4. The first kappa shape index (κ1) is 26.6. The molecular weight excluding hydrogens is 533 g/mol. The molecule has 4 aromatic rings. The summed E-state index contributed by atoms with van der Waals surface area (Å²) in [6.45, 7) is 7.26. The minimum atomic E-state index is -2.61. The molecule has 10 heteroatoms. The highest BCUT2D eigenvalue weighted by molar-refractivity contribution is 5.88. The third kappa shape index (κ3) is 3.49. The van der Waals surface area contributed by atoms with Crippen LogP contribution < -0.4 is 4.90 Å². The first-order chi connectivity index (χ1) is 18.2. The maximum absolute atomic E-state index is 15.8. The predicted octanol–water partition coefficient (Wildman–Crippen LogP) is 9.33. The average molecular weight is 551 g/mol. The molecule has 0 aromatic heterocycles. The quantitative estimate of drug-likeness (QED) is 0.136. The molecule has 0 aliphatic carbocycles. The second kappa shape index (κ2) is 8.79. The Labute approximate surface area is 217 Å². The summed E-state index contributed by atoms with van der Waals surface area (Å²) in [6, 6.07) is 9.63. The third-order valence-electron chi connectivity index (χ3n) is 7.16. The molecule has 0 spiro atoms. The van der Waals surface area contributed by atoms with Crippen molar-refractivity contribution in [2.24, 2.45) is 0 Å². The first-order valence-corrected chi connectivity index (χ1v) is 11.6. The van der Waals surface area contributed by atoms with Crippen molar-refractivity contribution in [1.29, 1.82) is 0 Å². The lowest BCUT2D eigenvalue weighted by Crippen LogP contribution is -2.33. The van der Waals surface area contributed by atoms with Gasteiger partial charge in [-0.2, -0.15) is 0 Å². The zero-order valence-corrected chi connectivity index (χ0v) is 20.8. The first-order valence-electron chi connectivity index (χ1n) is 11.6. The highest BCUT2D eigenvalue weighted by atomic mass is 19.2. The van der Waals surface area contributed by atoms with Gasteiger partial charge in [0.25, 0.3) is 0 Å². The molecule has 39 heavy (non-hydrogen) atoms. The Bertz CT molecular complexity index is 1590. The monoisotopic (exact) mass is 551 g/mol. The van der Waals surface area contributed by atoms with Gasteiger partial charge in [0.15, 0.2) is 46.5 Å². The Morgan fingerprint density at radius 2 is 0.821 bits per heavy atom. The second-order valence-electron chi connectivity index (χ2n) is 9.82. The van der Waals surface area contributed by atoms with E-state index in [2.05, 4.69) is 0 Å². The fourth-order valence-corrected chi connectivity index (χ4v) is 5.66. The van der Waals surface area contributed by atoms with Crippen molar-refractivity contribution in [1.82, 2.24) is 0 Å². The molecular formula is C29H18F9N. The standard InChI is InChI=1S/C29H18F9N/c1-11-7-5-9-13-17(11)29(3,4)18-12(2)8-6-10-14(18)39(13)28-26(37)21(32)16(22(33)27(28)38)15-19(30)23(34)25(36)24(35)20(15)31/h5-10H,1-4H3. The number of rotatable bonds is 2. The van der Waals surface area contributed by atoms with Crippen LogP contribution in [-0.2, 0) is 5.41 Å². The molecule has 1 aliphatic rings. The number of anilines is 3. The Kier molecular flexibility index (Phi) is 6.01. The van der Waals surface area contributed by atoms with Crippen molar-refractivity contribution < 1.29 is 39.5 Å². The van der Waals surface area contributed by atoms with Gasteiger partial charge in [0.1, 0.15) is 5.69 Å². The predicted molar refractivity (Wildman–Crippen MR) is 128 cm³/mol. The highest BCUT2D eigenvalue weighted by Crippen LogP contribution is 2.55. The minimum absolute atomic E-state index is 0.179. The number of halogens is 9. The molecule has 0 N–H and O–H groups in total. The number of aryl methyl sites for hydroxylation is 2. The zero-order valence-electron chi connectivity index (χ0n) is 20.8. The third-order valence-corrected chi connectivity index (χ3v) is 7.16. The topological polar surface area (TPSA) is 3.24 Å². The van der Waals surface area contributed by atoms with Gasteiger partial charge in [-0.05, 0) is 48.2 Å². The molecule has 0 bridgehead atoms. The normalized spacial score (nSPS) is 13.9. The summed E-state index contributed by atoms with van der Waals surface area (Å²) in [5.41, 5.74) is -3.22. The fourth-order valence-electron chi connectivity index (χ4n) is 5.66. The number of hydrogen-bond acceptors (Lipinski definition) is 1. The van der Waals surface area contributed by atoms with Crippen LogP contribution in [-0.4, -0.2) is 0 Å². The van der Waals surface area contributed by atoms with Crippen molar-refractivity contribution >= 4 is 17.1 Å². The molecule has 0 saturated heterocycles. The second-order valence-corrected chi connectivity index (χ2v) is 9.82. The van der Waals surface area contributed by atoms with Gasteiger partial charge in [-0.15, -0.1) is 0 Å². The van der Waals surface area contributed by atoms with Gasteiger partial charge >= 0.3 is 0 Å². The van der Waals surface area contributed by atoms with E-state index in [0.29, 0.717) is 22.3 Å². The largest absolute Gasteiger partial charge is 0.304 e. The van der Waals surface area contributed by atoms with Gasteiger partial charge in [0.05, 0.1) is 22.5 Å². The van der Waals surface area contributed by atoms with Crippen molar-refractivity contribution in [2.45, 2.75) is 33.1 Å². The zero-order chi connectivity index (χ0) is 28.7. The Balaban J connectivity index is 1.90.